The van der Waals surface area contributed by atoms with Crippen molar-refractivity contribution in [3.05, 3.63) is 41.2 Å². The van der Waals surface area contributed by atoms with Crippen molar-refractivity contribution >= 4 is 12.6 Å². The van der Waals surface area contributed by atoms with Crippen molar-refractivity contribution in [2.45, 2.75) is 20.0 Å². The highest BCUT2D eigenvalue weighted by molar-refractivity contribution is 6.00. The number of hydrogen-bond donors (Lipinski definition) is 1. The fourth-order valence-electron chi connectivity index (χ4n) is 2.26. The predicted molar refractivity (Wildman–Crippen MR) is 78.1 cm³/mol. The molecule has 1 aliphatic heterocycles. The number of allylic oxidation sites excluding steroid dienone is 1. The van der Waals surface area contributed by atoms with Gasteiger partial charge >= 0.3 is 0 Å². The number of nitrogens with one attached hydrogen (secondary N) is 1. The summed E-state index contributed by atoms with van der Waals surface area (Å²) in [5, 5.41) is 3.27. The molecule has 106 valence electrons. The zero-order valence-electron chi connectivity index (χ0n) is 11.9. The highest BCUT2D eigenvalue weighted by atomic mass is 19.1. The summed E-state index contributed by atoms with van der Waals surface area (Å²) < 4.78 is 13.3. The number of rotatable bonds is 3. The number of aromatic nitrogens is 1. The van der Waals surface area contributed by atoms with Gasteiger partial charge in [0.25, 0.3) is 0 Å². The molecule has 1 aromatic rings. The Labute approximate surface area is 118 Å². The summed E-state index contributed by atoms with van der Waals surface area (Å²) in [6.07, 6.45) is 2.61. The maximum absolute atomic E-state index is 13.3. The number of nitrogens with zero attached hydrogens (tertiary/aromatic N) is 4. The fraction of sp³-hybridized carbons (Fsp3) is 0.357. The minimum Gasteiger partial charge on any atom is -0.346 e. The van der Waals surface area contributed by atoms with Crippen LogP contribution in [-0.4, -0.2) is 36.0 Å². The lowest BCUT2D eigenvalue weighted by Gasteiger charge is -2.21. The molecule has 0 radical (unpaired) electrons. The number of hydrogen-bond acceptors (Lipinski definition) is 4. The molecular formula is C14H18FN5. The van der Waals surface area contributed by atoms with Crippen LogP contribution < -0.4 is 5.32 Å². The Morgan fingerprint density at radius 1 is 1.55 bits per heavy atom. The molecule has 0 saturated carbocycles. The molecule has 2 heterocycles. The Balaban J connectivity index is 2.45. The molecule has 20 heavy (non-hydrogen) atoms. The predicted octanol–water partition coefficient (Wildman–Crippen LogP) is 2.10. The van der Waals surface area contributed by atoms with Crippen LogP contribution in [-0.2, 0) is 0 Å². The molecule has 0 aromatic carbocycles. The SMILES string of the molecule is C=N/C(C)=C1\C(=NCC)NC(c2cncc(F)c2)N1C. The van der Waals surface area contributed by atoms with E-state index in [-0.39, 0.29) is 12.0 Å². The molecular weight excluding hydrogens is 257 g/mol. The fourth-order valence-corrected chi connectivity index (χ4v) is 2.26. The molecule has 1 fully saturated rings. The van der Waals surface area contributed by atoms with Crippen LogP contribution in [0.5, 0.6) is 0 Å². The average Bonchev–Trinajstić information content (AvgIpc) is 2.75. The number of likely N-dealkylation sites (N-methyl/N-ethyl adjacent to an activating group) is 1. The van der Waals surface area contributed by atoms with Gasteiger partial charge in [-0.1, -0.05) is 0 Å². The first kappa shape index (κ1) is 14.2. The second kappa shape index (κ2) is 5.81. The van der Waals surface area contributed by atoms with E-state index in [1.54, 1.807) is 6.20 Å². The van der Waals surface area contributed by atoms with Crippen molar-refractivity contribution in [1.29, 1.82) is 0 Å². The Hall–Kier alpha value is -2.24. The Bertz CT molecular complexity index is 579. The molecule has 0 bridgehead atoms. The van der Waals surface area contributed by atoms with Crippen molar-refractivity contribution in [3.63, 3.8) is 0 Å². The molecule has 1 saturated heterocycles. The van der Waals surface area contributed by atoms with Gasteiger partial charge in [-0.15, -0.1) is 0 Å². The van der Waals surface area contributed by atoms with E-state index in [2.05, 4.69) is 27.0 Å². The van der Waals surface area contributed by atoms with E-state index in [0.29, 0.717) is 6.54 Å². The third kappa shape index (κ3) is 2.54. The largest absolute Gasteiger partial charge is 0.346 e. The highest BCUT2D eigenvalue weighted by Gasteiger charge is 2.32. The van der Waals surface area contributed by atoms with Crippen LogP contribution >= 0.6 is 0 Å². The van der Waals surface area contributed by atoms with Crippen LogP contribution in [0.1, 0.15) is 25.6 Å². The molecule has 1 atom stereocenters. The summed E-state index contributed by atoms with van der Waals surface area (Å²) in [5.41, 5.74) is 2.39. The van der Waals surface area contributed by atoms with E-state index in [1.165, 1.54) is 12.3 Å². The highest BCUT2D eigenvalue weighted by Crippen LogP contribution is 2.29. The second-order valence-electron chi connectivity index (χ2n) is 4.51. The van der Waals surface area contributed by atoms with Crippen LogP contribution in [0.4, 0.5) is 4.39 Å². The molecule has 5 nitrogen and oxygen atoms in total. The second-order valence-corrected chi connectivity index (χ2v) is 4.51. The monoisotopic (exact) mass is 275 g/mol. The number of halogens is 1. The molecule has 1 N–H and O–H groups in total. The molecule has 0 aliphatic carbocycles. The first-order chi connectivity index (χ1) is 9.58. The number of amidine groups is 1. The van der Waals surface area contributed by atoms with Crippen LogP contribution in [0.25, 0.3) is 0 Å². The maximum atomic E-state index is 13.3. The van der Waals surface area contributed by atoms with E-state index in [4.69, 9.17) is 0 Å². The van der Waals surface area contributed by atoms with E-state index in [0.717, 1.165) is 22.8 Å². The van der Waals surface area contributed by atoms with Crippen LogP contribution in [0.15, 0.2) is 39.8 Å². The van der Waals surface area contributed by atoms with Crippen LogP contribution in [0, 0.1) is 5.82 Å². The van der Waals surface area contributed by atoms with Gasteiger partial charge in [0, 0.05) is 25.4 Å². The van der Waals surface area contributed by atoms with E-state index < -0.39 is 0 Å². The normalized spacial score (nSPS) is 22.9. The van der Waals surface area contributed by atoms with Crippen molar-refractivity contribution in [1.82, 2.24) is 15.2 Å². The molecule has 0 spiro atoms. The first-order valence-electron chi connectivity index (χ1n) is 6.40. The standard InChI is InChI=1S/C14H18FN5/c1-5-18-13-12(9(2)16-3)20(4)14(19-13)10-6-11(15)8-17-7-10/h6-8,14H,3,5H2,1-2,4H3,(H,18,19)/b12-9+. The van der Waals surface area contributed by atoms with Gasteiger partial charge < -0.3 is 10.2 Å². The molecule has 1 aliphatic rings. The van der Waals surface area contributed by atoms with Crippen molar-refractivity contribution in [2.24, 2.45) is 9.98 Å². The molecule has 1 aromatic heterocycles. The van der Waals surface area contributed by atoms with Gasteiger partial charge in [-0.05, 0) is 26.6 Å². The quantitative estimate of drug-likeness (QED) is 0.860. The summed E-state index contributed by atoms with van der Waals surface area (Å²) in [4.78, 5) is 14.3. The topological polar surface area (TPSA) is 52.9 Å². The van der Waals surface area contributed by atoms with Gasteiger partial charge in [0.15, 0.2) is 0 Å². The Kier molecular flexibility index (Phi) is 4.12. The number of pyridine rings is 1. The summed E-state index contributed by atoms with van der Waals surface area (Å²) in [6.45, 7) is 8.04. The van der Waals surface area contributed by atoms with E-state index >= 15 is 0 Å². The smallest absolute Gasteiger partial charge is 0.148 e. The van der Waals surface area contributed by atoms with Crippen molar-refractivity contribution in [3.8, 4) is 0 Å². The summed E-state index contributed by atoms with van der Waals surface area (Å²) in [6, 6.07) is 1.46. The van der Waals surface area contributed by atoms with Gasteiger partial charge in [-0.3, -0.25) is 15.0 Å². The Morgan fingerprint density at radius 3 is 2.90 bits per heavy atom. The average molecular weight is 275 g/mol. The van der Waals surface area contributed by atoms with Gasteiger partial charge in [-0.2, -0.15) is 0 Å². The third-order valence-corrected chi connectivity index (χ3v) is 3.18. The summed E-state index contributed by atoms with van der Waals surface area (Å²) in [5.74, 6) is 0.386. The van der Waals surface area contributed by atoms with Crippen LogP contribution in [0.3, 0.4) is 0 Å². The summed E-state index contributed by atoms with van der Waals surface area (Å²) >= 11 is 0. The zero-order valence-corrected chi connectivity index (χ0v) is 11.9. The van der Waals surface area contributed by atoms with Gasteiger partial charge in [0.2, 0.25) is 0 Å². The maximum Gasteiger partial charge on any atom is 0.148 e. The minimum atomic E-state index is -0.359. The summed E-state index contributed by atoms with van der Waals surface area (Å²) in [7, 11) is 1.91. The van der Waals surface area contributed by atoms with E-state index in [1.807, 2.05) is 25.8 Å². The zero-order chi connectivity index (χ0) is 14.7. The molecule has 6 heteroatoms. The lowest BCUT2D eigenvalue weighted by atomic mass is 10.2. The number of aliphatic imine (C=N–C) groups is 2. The molecule has 2 rings (SSSR count). The van der Waals surface area contributed by atoms with Gasteiger partial charge in [-0.25, -0.2) is 4.39 Å². The van der Waals surface area contributed by atoms with Crippen LogP contribution in [0.2, 0.25) is 0 Å². The third-order valence-electron chi connectivity index (χ3n) is 3.18. The van der Waals surface area contributed by atoms with E-state index in [9.17, 15) is 4.39 Å². The van der Waals surface area contributed by atoms with Gasteiger partial charge in [0.05, 0.1) is 11.9 Å². The molecule has 1 unspecified atom stereocenters. The molecule has 0 amide bonds. The lowest BCUT2D eigenvalue weighted by Crippen LogP contribution is -2.24. The first-order valence-corrected chi connectivity index (χ1v) is 6.40. The van der Waals surface area contributed by atoms with Gasteiger partial charge in [0.1, 0.15) is 23.5 Å². The Morgan fingerprint density at radius 2 is 2.30 bits per heavy atom. The van der Waals surface area contributed by atoms with Crippen molar-refractivity contribution < 1.29 is 4.39 Å². The van der Waals surface area contributed by atoms with Crippen molar-refractivity contribution in [2.75, 3.05) is 13.6 Å². The lowest BCUT2D eigenvalue weighted by molar-refractivity contribution is 0.334. The minimum absolute atomic E-state index is 0.213.